The molecule has 2 aromatic carbocycles. The molecule has 0 bridgehead atoms. The number of halogens is 1. The standard InChI is InChI=1S/C19H17ClN2/c1-3-13-7-8-16-17(20)11-18(22-19(16)10-13)15-6-4-5-14(9-15)12-21-2/h3-11,21H,1,12H2,2H3. The summed E-state index contributed by atoms with van der Waals surface area (Å²) in [5.41, 5.74) is 5.10. The molecule has 0 aliphatic heterocycles. The highest BCUT2D eigenvalue weighted by Crippen LogP contribution is 2.29. The predicted molar refractivity (Wildman–Crippen MR) is 95.0 cm³/mol. The summed E-state index contributed by atoms with van der Waals surface area (Å²) in [4.78, 5) is 4.76. The summed E-state index contributed by atoms with van der Waals surface area (Å²) in [5, 5.41) is 4.84. The normalized spacial score (nSPS) is 10.8. The Morgan fingerprint density at radius 3 is 2.82 bits per heavy atom. The zero-order chi connectivity index (χ0) is 15.5. The fourth-order valence-electron chi connectivity index (χ4n) is 2.52. The molecule has 1 aromatic heterocycles. The molecule has 1 heterocycles. The minimum atomic E-state index is 0.717. The van der Waals surface area contributed by atoms with Gasteiger partial charge in [0.2, 0.25) is 0 Å². The van der Waals surface area contributed by atoms with Crippen LogP contribution in [0.2, 0.25) is 5.02 Å². The van der Waals surface area contributed by atoms with Crippen molar-refractivity contribution in [2.24, 2.45) is 0 Å². The van der Waals surface area contributed by atoms with Gasteiger partial charge < -0.3 is 5.32 Å². The highest BCUT2D eigenvalue weighted by Gasteiger charge is 2.07. The Balaban J connectivity index is 2.14. The SMILES string of the molecule is C=Cc1ccc2c(Cl)cc(-c3cccc(CNC)c3)nc2c1. The van der Waals surface area contributed by atoms with Crippen LogP contribution in [-0.2, 0) is 6.54 Å². The Labute approximate surface area is 135 Å². The number of fused-ring (bicyclic) bond motifs is 1. The van der Waals surface area contributed by atoms with Gasteiger partial charge in [-0.25, -0.2) is 4.98 Å². The maximum Gasteiger partial charge on any atom is 0.0730 e. The van der Waals surface area contributed by atoms with Crippen LogP contribution in [0.4, 0.5) is 0 Å². The Bertz CT molecular complexity index is 840. The lowest BCUT2D eigenvalue weighted by molar-refractivity contribution is 0.818. The van der Waals surface area contributed by atoms with Crippen LogP contribution in [0.15, 0.2) is 55.1 Å². The van der Waals surface area contributed by atoms with Gasteiger partial charge in [0.1, 0.15) is 0 Å². The molecule has 0 amide bonds. The molecule has 110 valence electrons. The second-order valence-corrected chi connectivity index (χ2v) is 5.61. The first-order valence-corrected chi connectivity index (χ1v) is 7.55. The second-order valence-electron chi connectivity index (χ2n) is 5.20. The summed E-state index contributed by atoms with van der Waals surface area (Å²) in [6.07, 6.45) is 1.81. The van der Waals surface area contributed by atoms with E-state index in [0.29, 0.717) is 0 Å². The molecule has 22 heavy (non-hydrogen) atoms. The first-order valence-electron chi connectivity index (χ1n) is 7.18. The summed E-state index contributed by atoms with van der Waals surface area (Å²) in [5.74, 6) is 0. The van der Waals surface area contributed by atoms with Gasteiger partial charge >= 0.3 is 0 Å². The van der Waals surface area contributed by atoms with Gasteiger partial charge in [-0.1, -0.05) is 54.6 Å². The monoisotopic (exact) mass is 308 g/mol. The van der Waals surface area contributed by atoms with E-state index in [4.69, 9.17) is 16.6 Å². The largest absolute Gasteiger partial charge is 0.316 e. The molecule has 3 aromatic rings. The Kier molecular flexibility index (Phi) is 4.23. The van der Waals surface area contributed by atoms with Crippen molar-refractivity contribution in [2.75, 3.05) is 7.05 Å². The van der Waals surface area contributed by atoms with Crippen molar-refractivity contribution < 1.29 is 0 Å². The van der Waals surface area contributed by atoms with Crippen molar-refractivity contribution in [2.45, 2.75) is 6.54 Å². The smallest absolute Gasteiger partial charge is 0.0730 e. The molecule has 0 fully saturated rings. The van der Waals surface area contributed by atoms with Crippen LogP contribution in [0.3, 0.4) is 0 Å². The third-order valence-corrected chi connectivity index (χ3v) is 3.94. The van der Waals surface area contributed by atoms with E-state index in [1.54, 1.807) is 0 Å². The van der Waals surface area contributed by atoms with Crippen LogP contribution >= 0.6 is 11.6 Å². The van der Waals surface area contributed by atoms with Crippen molar-refractivity contribution in [3.63, 3.8) is 0 Å². The van der Waals surface area contributed by atoms with Gasteiger partial charge in [-0.2, -0.15) is 0 Å². The topological polar surface area (TPSA) is 24.9 Å². The van der Waals surface area contributed by atoms with Gasteiger partial charge in [-0.3, -0.25) is 0 Å². The lowest BCUT2D eigenvalue weighted by atomic mass is 10.1. The Hall–Kier alpha value is -2.16. The fourth-order valence-corrected chi connectivity index (χ4v) is 2.79. The van der Waals surface area contributed by atoms with Crippen molar-refractivity contribution in [1.82, 2.24) is 10.3 Å². The first-order chi connectivity index (χ1) is 10.7. The molecule has 1 N–H and O–H groups in total. The highest BCUT2D eigenvalue weighted by molar-refractivity contribution is 6.35. The third kappa shape index (κ3) is 2.89. The minimum Gasteiger partial charge on any atom is -0.316 e. The summed E-state index contributed by atoms with van der Waals surface area (Å²) in [6.45, 7) is 4.63. The summed E-state index contributed by atoms with van der Waals surface area (Å²) in [6, 6.07) is 16.3. The molecule has 3 heteroatoms. The first kappa shape index (κ1) is 14.8. The van der Waals surface area contributed by atoms with Crippen LogP contribution in [0.5, 0.6) is 0 Å². The molecule has 0 atom stereocenters. The van der Waals surface area contributed by atoms with Gasteiger partial charge in [0.15, 0.2) is 0 Å². The minimum absolute atomic E-state index is 0.717. The summed E-state index contributed by atoms with van der Waals surface area (Å²) < 4.78 is 0. The van der Waals surface area contributed by atoms with E-state index < -0.39 is 0 Å². The van der Waals surface area contributed by atoms with E-state index in [0.717, 1.165) is 39.3 Å². The lowest BCUT2D eigenvalue weighted by Crippen LogP contribution is -2.04. The predicted octanol–water partition coefficient (Wildman–Crippen LogP) is 4.92. The number of hydrogen-bond donors (Lipinski definition) is 1. The summed E-state index contributed by atoms with van der Waals surface area (Å²) in [7, 11) is 1.94. The Morgan fingerprint density at radius 2 is 2.05 bits per heavy atom. The van der Waals surface area contributed by atoms with E-state index >= 15 is 0 Å². The molecule has 0 saturated carbocycles. The molecule has 0 radical (unpaired) electrons. The number of nitrogens with one attached hydrogen (secondary N) is 1. The average molecular weight is 309 g/mol. The van der Waals surface area contributed by atoms with E-state index in [-0.39, 0.29) is 0 Å². The molecule has 0 saturated heterocycles. The maximum atomic E-state index is 6.43. The molecule has 0 spiro atoms. The van der Waals surface area contributed by atoms with E-state index in [2.05, 4.69) is 30.1 Å². The quantitative estimate of drug-likeness (QED) is 0.740. The van der Waals surface area contributed by atoms with Crippen LogP contribution in [0, 0.1) is 0 Å². The van der Waals surface area contributed by atoms with Gasteiger partial charge in [0.05, 0.1) is 16.2 Å². The fraction of sp³-hybridized carbons (Fsp3) is 0.105. The maximum absolute atomic E-state index is 6.43. The van der Waals surface area contributed by atoms with Gasteiger partial charge in [-0.05, 0) is 36.4 Å². The number of nitrogens with zero attached hydrogens (tertiary/aromatic N) is 1. The van der Waals surface area contributed by atoms with Crippen molar-refractivity contribution in [1.29, 1.82) is 0 Å². The van der Waals surface area contributed by atoms with Gasteiger partial charge in [0.25, 0.3) is 0 Å². The third-order valence-electron chi connectivity index (χ3n) is 3.62. The van der Waals surface area contributed by atoms with E-state index in [1.807, 2.05) is 43.5 Å². The number of aromatic nitrogens is 1. The van der Waals surface area contributed by atoms with E-state index in [9.17, 15) is 0 Å². The molecular formula is C19H17ClN2. The van der Waals surface area contributed by atoms with Crippen LogP contribution in [-0.4, -0.2) is 12.0 Å². The molecule has 0 aliphatic carbocycles. The lowest BCUT2D eigenvalue weighted by Gasteiger charge is -2.08. The zero-order valence-electron chi connectivity index (χ0n) is 12.4. The number of hydrogen-bond acceptors (Lipinski definition) is 2. The van der Waals surface area contributed by atoms with Gasteiger partial charge in [0, 0.05) is 17.5 Å². The number of pyridine rings is 1. The van der Waals surface area contributed by atoms with Crippen LogP contribution in [0.25, 0.3) is 28.2 Å². The van der Waals surface area contributed by atoms with Crippen molar-refractivity contribution in [3.05, 3.63) is 71.3 Å². The molecule has 0 aliphatic rings. The van der Waals surface area contributed by atoms with Crippen LogP contribution in [0.1, 0.15) is 11.1 Å². The number of benzene rings is 2. The second kappa shape index (κ2) is 6.30. The summed E-state index contributed by atoms with van der Waals surface area (Å²) >= 11 is 6.43. The molecule has 2 nitrogen and oxygen atoms in total. The Morgan fingerprint density at radius 1 is 1.18 bits per heavy atom. The van der Waals surface area contributed by atoms with E-state index in [1.165, 1.54) is 5.56 Å². The van der Waals surface area contributed by atoms with Gasteiger partial charge in [-0.15, -0.1) is 0 Å². The molecule has 0 unspecified atom stereocenters. The molecular weight excluding hydrogens is 292 g/mol. The van der Waals surface area contributed by atoms with Crippen LogP contribution < -0.4 is 5.32 Å². The average Bonchev–Trinajstić information content (AvgIpc) is 2.55. The van der Waals surface area contributed by atoms with Crippen molar-refractivity contribution in [3.8, 4) is 11.3 Å². The zero-order valence-corrected chi connectivity index (χ0v) is 13.2. The molecule has 3 rings (SSSR count). The highest BCUT2D eigenvalue weighted by atomic mass is 35.5. The van der Waals surface area contributed by atoms with Crippen molar-refractivity contribution >= 4 is 28.6 Å². The number of rotatable bonds is 4.